The van der Waals surface area contributed by atoms with Crippen molar-refractivity contribution in [2.24, 2.45) is 5.73 Å². The molecule has 80 valence electrons. The summed E-state index contributed by atoms with van der Waals surface area (Å²) in [5.41, 5.74) is 5.71. The average molecular weight is 196 g/mol. The maximum atomic E-state index is 5.71. The summed E-state index contributed by atoms with van der Waals surface area (Å²) in [6, 6.07) is 0.240. The van der Waals surface area contributed by atoms with Crippen molar-refractivity contribution in [1.29, 1.82) is 0 Å². The van der Waals surface area contributed by atoms with E-state index in [2.05, 4.69) is 21.5 Å². The van der Waals surface area contributed by atoms with Crippen LogP contribution in [0.2, 0.25) is 0 Å². The number of aryl methyl sites for hydroxylation is 1. The van der Waals surface area contributed by atoms with Crippen LogP contribution < -0.4 is 5.73 Å². The summed E-state index contributed by atoms with van der Waals surface area (Å²) in [5.74, 6) is 1.07. The average Bonchev–Trinajstić information content (AvgIpc) is 2.46. The Kier molecular flexibility index (Phi) is 4.10. The molecule has 0 bridgehead atoms. The van der Waals surface area contributed by atoms with E-state index in [9.17, 15) is 0 Å². The number of hydrogen-bond acceptors (Lipinski definition) is 3. The van der Waals surface area contributed by atoms with Crippen molar-refractivity contribution < 1.29 is 0 Å². The molecule has 1 unspecified atom stereocenters. The van der Waals surface area contributed by atoms with E-state index in [1.165, 1.54) is 0 Å². The first-order chi connectivity index (χ1) is 6.59. The minimum atomic E-state index is 0.240. The molecule has 2 N–H and O–H groups in total. The third-order valence-corrected chi connectivity index (χ3v) is 2.25. The summed E-state index contributed by atoms with van der Waals surface area (Å²) in [6.07, 6.45) is 3.84. The largest absolute Gasteiger partial charge is 0.334 e. The Hall–Kier alpha value is -0.870. The number of rotatable bonds is 5. The molecule has 1 aromatic rings. The number of hydrogen-bond donors (Lipinski definition) is 1. The van der Waals surface area contributed by atoms with Gasteiger partial charge in [-0.2, -0.15) is 0 Å². The van der Waals surface area contributed by atoms with Crippen molar-refractivity contribution in [1.82, 2.24) is 14.5 Å². The van der Waals surface area contributed by atoms with Gasteiger partial charge in [-0.05, 0) is 20.9 Å². The predicted octanol–water partition coefficient (Wildman–Crippen LogP) is 0.471. The fraction of sp³-hybridized carbons (Fsp3) is 0.700. The van der Waals surface area contributed by atoms with Crippen LogP contribution in [-0.2, 0) is 6.54 Å². The molecule has 1 atom stereocenters. The molecule has 0 aliphatic rings. The lowest BCUT2D eigenvalue weighted by molar-refractivity contribution is 0.303. The molecular formula is C10H20N4. The Morgan fingerprint density at radius 2 is 2.36 bits per heavy atom. The van der Waals surface area contributed by atoms with Gasteiger partial charge in [0.1, 0.15) is 5.82 Å². The minimum absolute atomic E-state index is 0.240. The molecule has 0 radical (unpaired) electrons. The highest BCUT2D eigenvalue weighted by molar-refractivity contribution is 4.88. The van der Waals surface area contributed by atoms with Crippen molar-refractivity contribution in [3.05, 3.63) is 18.2 Å². The highest BCUT2D eigenvalue weighted by Crippen LogP contribution is 1.96. The lowest BCUT2D eigenvalue weighted by Crippen LogP contribution is -2.34. The van der Waals surface area contributed by atoms with E-state index in [0.29, 0.717) is 0 Å². The van der Waals surface area contributed by atoms with E-state index in [1.54, 1.807) is 0 Å². The Morgan fingerprint density at radius 3 is 2.86 bits per heavy atom. The second-order valence-corrected chi connectivity index (χ2v) is 3.91. The number of nitrogens with zero attached hydrogens (tertiary/aromatic N) is 3. The van der Waals surface area contributed by atoms with E-state index in [4.69, 9.17) is 5.73 Å². The molecule has 4 heteroatoms. The summed E-state index contributed by atoms with van der Waals surface area (Å²) < 4.78 is 2.15. The van der Waals surface area contributed by atoms with Gasteiger partial charge >= 0.3 is 0 Å². The van der Waals surface area contributed by atoms with Crippen LogP contribution in [-0.4, -0.2) is 40.6 Å². The maximum absolute atomic E-state index is 5.71. The molecular weight excluding hydrogens is 176 g/mol. The zero-order valence-corrected chi connectivity index (χ0v) is 9.27. The van der Waals surface area contributed by atoms with Crippen molar-refractivity contribution in [2.45, 2.75) is 26.4 Å². The number of nitrogens with two attached hydrogens (primary N) is 1. The van der Waals surface area contributed by atoms with E-state index in [1.807, 2.05) is 26.2 Å². The van der Waals surface area contributed by atoms with E-state index in [-0.39, 0.29) is 6.04 Å². The van der Waals surface area contributed by atoms with Crippen LogP contribution in [0.4, 0.5) is 0 Å². The lowest BCUT2D eigenvalue weighted by Gasteiger charge is -2.19. The zero-order valence-electron chi connectivity index (χ0n) is 9.27. The Bertz CT molecular complexity index is 267. The third-order valence-electron chi connectivity index (χ3n) is 2.25. The number of imidazole rings is 1. The zero-order chi connectivity index (χ0) is 10.6. The maximum Gasteiger partial charge on any atom is 0.105 e. The van der Waals surface area contributed by atoms with E-state index >= 15 is 0 Å². The first-order valence-corrected chi connectivity index (χ1v) is 5.01. The summed E-state index contributed by atoms with van der Waals surface area (Å²) in [7, 11) is 2.09. The van der Waals surface area contributed by atoms with Gasteiger partial charge in [-0.15, -0.1) is 0 Å². The van der Waals surface area contributed by atoms with Crippen LogP contribution in [0.15, 0.2) is 12.4 Å². The van der Waals surface area contributed by atoms with Gasteiger partial charge in [0.05, 0.1) is 0 Å². The van der Waals surface area contributed by atoms with Crippen LogP contribution >= 0.6 is 0 Å². The van der Waals surface area contributed by atoms with Crippen molar-refractivity contribution in [2.75, 3.05) is 20.1 Å². The van der Waals surface area contributed by atoms with Crippen LogP contribution in [0.1, 0.15) is 12.7 Å². The van der Waals surface area contributed by atoms with Gasteiger partial charge in [0, 0.05) is 38.1 Å². The molecule has 0 amide bonds. The van der Waals surface area contributed by atoms with Gasteiger partial charge in [-0.25, -0.2) is 4.98 Å². The van der Waals surface area contributed by atoms with E-state index < -0.39 is 0 Å². The Labute approximate surface area is 85.7 Å². The first-order valence-electron chi connectivity index (χ1n) is 5.01. The second-order valence-electron chi connectivity index (χ2n) is 3.91. The molecule has 0 spiro atoms. The summed E-state index contributed by atoms with van der Waals surface area (Å²) in [5, 5.41) is 0. The molecule has 1 rings (SSSR count). The minimum Gasteiger partial charge on any atom is -0.334 e. The third kappa shape index (κ3) is 3.47. The summed E-state index contributed by atoms with van der Waals surface area (Å²) in [4.78, 5) is 6.42. The predicted molar refractivity (Wildman–Crippen MR) is 58.1 cm³/mol. The van der Waals surface area contributed by atoms with Crippen LogP contribution in [0.3, 0.4) is 0 Å². The van der Waals surface area contributed by atoms with Gasteiger partial charge in [0.2, 0.25) is 0 Å². The molecule has 1 heterocycles. The molecule has 0 aliphatic carbocycles. The highest BCUT2D eigenvalue weighted by Gasteiger charge is 2.02. The van der Waals surface area contributed by atoms with Crippen molar-refractivity contribution in [3.8, 4) is 0 Å². The monoisotopic (exact) mass is 196 g/mol. The van der Waals surface area contributed by atoms with Crippen molar-refractivity contribution >= 4 is 0 Å². The molecule has 0 saturated heterocycles. The molecule has 1 aromatic heterocycles. The van der Waals surface area contributed by atoms with Gasteiger partial charge in [0.15, 0.2) is 0 Å². The normalized spacial score (nSPS) is 13.5. The lowest BCUT2D eigenvalue weighted by atomic mass is 10.3. The summed E-state index contributed by atoms with van der Waals surface area (Å²) in [6.45, 7) is 6.98. The van der Waals surface area contributed by atoms with Crippen LogP contribution in [0.25, 0.3) is 0 Å². The smallest absolute Gasteiger partial charge is 0.105 e. The first kappa shape index (κ1) is 11.2. The topological polar surface area (TPSA) is 47.1 Å². The summed E-state index contributed by atoms with van der Waals surface area (Å²) >= 11 is 0. The van der Waals surface area contributed by atoms with Gasteiger partial charge < -0.3 is 15.2 Å². The quantitative estimate of drug-likeness (QED) is 0.744. The number of aromatic nitrogens is 2. The fourth-order valence-corrected chi connectivity index (χ4v) is 1.50. The van der Waals surface area contributed by atoms with Crippen LogP contribution in [0.5, 0.6) is 0 Å². The van der Waals surface area contributed by atoms with E-state index in [0.717, 1.165) is 25.5 Å². The second kappa shape index (κ2) is 5.12. The standard InChI is InChI=1S/C10H20N4/c1-9(11)8-13(3)6-7-14-5-4-12-10(14)2/h4-5,9H,6-8,11H2,1-3H3. The fourth-order valence-electron chi connectivity index (χ4n) is 1.50. The van der Waals surface area contributed by atoms with Gasteiger partial charge in [0.25, 0.3) is 0 Å². The van der Waals surface area contributed by atoms with Gasteiger partial charge in [-0.3, -0.25) is 0 Å². The molecule has 0 aromatic carbocycles. The Balaban J connectivity index is 2.30. The molecule has 14 heavy (non-hydrogen) atoms. The molecule has 0 saturated carbocycles. The highest BCUT2D eigenvalue weighted by atomic mass is 15.1. The molecule has 0 fully saturated rings. The molecule has 0 aliphatic heterocycles. The van der Waals surface area contributed by atoms with Crippen molar-refractivity contribution in [3.63, 3.8) is 0 Å². The molecule has 4 nitrogen and oxygen atoms in total. The Morgan fingerprint density at radius 1 is 1.64 bits per heavy atom. The SMILES string of the molecule is Cc1nccn1CCN(C)CC(C)N. The number of likely N-dealkylation sites (N-methyl/N-ethyl adjacent to an activating group) is 1. The van der Waals surface area contributed by atoms with Gasteiger partial charge in [-0.1, -0.05) is 0 Å². The van der Waals surface area contributed by atoms with Crippen LogP contribution in [0, 0.1) is 6.92 Å².